The molecule has 0 rings (SSSR count). The summed E-state index contributed by atoms with van der Waals surface area (Å²) in [5, 5.41) is 19.9. The first-order chi connectivity index (χ1) is 13.0. The lowest BCUT2D eigenvalue weighted by Gasteiger charge is -2.26. The topological polar surface area (TPSA) is 60.8 Å². The van der Waals surface area contributed by atoms with Crippen LogP contribution >= 0.6 is 0 Å². The van der Waals surface area contributed by atoms with E-state index in [2.05, 4.69) is 13.8 Å². The van der Waals surface area contributed by atoms with Gasteiger partial charge in [-0.15, -0.1) is 0 Å². The van der Waals surface area contributed by atoms with Gasteiger partial charge in [-0.25, -0.2) is 0 Å². The fourth-order valence-corrected chi connectivity index (χ4v) is 3.50. The van der Waals surface area contributed by atoms with Crippen molar-refractivity contribution in [3.63, 3.8) is 0 Å². The molecule has 0 radical (unpaired) electrons. The van der Waals surface area contributed by atoms with Crippen LogP contribution in [0.2, 0.25) is 0 Å². The molecule has 0 aromatic rings. The van der Waals surface area contributed by atoms with Gasteiger partial charge in [0, 0.05) is 13.1 Å². The highest BCUT2D eigenvalue weighted by molar-refractivity contribution is 5.80. The second-order valence-corrected chi connectivity index (χ2v) is 8.18. The van der Waals surface area contributed by atoms with Crippen molar-refractivity contribution in [1.29, 1.82) is 0 Å². The summed E-state index contributed by atoms with van der Waals surface area (Å²) in [6.07, 6.45) is 15.9. The number of carbonyl (C=O) groups is 1. The average molecular weight is 386 g/mol. The van der Waals surface area contributed by atoms with Crippen molar-refractivity contribution in [3.8, 4) is 0 Å². The molecule has 4 nitrogen and oxygen atoms in total. The molecule has 0 aliphatic heterocycles. The Kier molecular flexibility index (Phi) is 18.3. The molecule has 2 N–H and O–H groups in total. The van der Waals surface area contributed by atoms with E-state index in [0.717, 1.165) is 38.5 Å². The third-order valence-corrected chi connectivity index (χ3v) is 5.19. The largest absolute Gasteiger partial charge is 0.392 e. The van der Waals surface area contributed by atoms with Crippen LogP contribution in [-0.4, -0.2) is 46.3 Å². The standard InChI is InChI=1S/C23H47NO3/c1-4-6-8-10-11-12-13-14-15-17-19-24(20-21(3)25)23(27)22(26)18-16-9-7-5-2/h21-22,25-26H,4-20H2,1-3H3. The first kappa shape index (κ1) is 26.4. The lowest BCUT2D eigenvalue weighted by Crippen LogP contribution is -2.43. The van der Waals surface area contributed by atoms with Crippen molar-refractivity contribution >= 4 is 5.91 Å². The van der Waals surface area contributed by atoms with Crippen molar-refractivity contribution in [3.05, 3.63) is 0 Å². The first-order valence-electron chi connectivity index (χ1n) is 11.7. The molecule has 0 fully saturated rings. The van der Waals surface area contributed by atoms with Gasteiger partial charge in [0.2, 0.25) is 0 Å². The summed E-state index contributed by atoms with van der Waals surface area (Å²) in [5.41, 5.74) is 0. The van der Waals surface area contributed by atoms with Gasteiger partial charge < -0.3 is 15.1 Å². The fraction of sp³-hybridized carbons (Fsp3) is 0.957. The normalized spacial score (nSPS) is 13.5. The van der Waals surface area contributed by atoms with Crippen LogP contribution in [0.1, 0.15) is 117 Å². The maximum atomic E-state index is 12.5. The van der Waals surface area contributed by atoms with E-state index in [4.69, 9.17) is 0 Å². The minimum atomic E-state index is -0.913. The molecule has 1 amide bonds. The number of aliphatic hydroxyl groups is 2. The van der Waals surface area contributed by atoms with Gasteiger partial charge in [-0.2, -0.15) is 0 Å². The quantitative estimate of drug-likeness (QED) is 0.291. The molecule has 0 heterocycles. The highest BCUT2D eigenvalue weighted by Crippen LogP contribution is 2.12. The van der Waals surface area contributed by atoms with Crippen LogP contribution in [-0.2, 0) is 4.79 Å². The average Bonchev–Trinajstić information content (AvgIpc) is 2.64. The van der Waals surface area contributed by atoms with Crippen molar-refractivity contribution in [2.45, 2.75) is 129 Å². The highest BCUT2D eigenvalue weighted by Gasteiger charge is 2.22. The molecule has 0 spiro atoms. The lowest BCUT2D eigenvalue weighted by molar-refractivity contribution is -0.142. The Hall–Kier alpha value is -0.610. The number of aliphatic hydroxyl groups excluding tert-OH is 2. The number of rotatable bonds is 19. The summed E-state index contributed by atoms with van der Waals surface area (Å²) in [4.78, 5) is 14.2. The third kappa shape index (κ3) is 16.1. The molecule has 4 heteroatoms. The van der Waals surface area contributed by atoms with Crippen LogP contribution in [0.5, 0.6) is 0 Å². The number of carbonyl (C=O) groups excluding carboxylic acids is 1. The van der Waals surface area contributed by atoms with Gasteiger partial charge in [0.25, 0.3) is 5.91 Å². The Morgan fingerprint density at radius 3 is 1.67 bits per heavy atom. The molecule has 0 aromatic carbocycles. The predicted octanol–water partition coefficient (Wildman–Crippen LogP) is 5.45. The van der Waals surface area contributed by atoms with E-state index in [1.807, 2.05) is 0 Å². The van der Waals surface area contributed by atoms with Gasteiger partial charge in [0.05, 0.1) is 6.10 Å². The van der Waals surface area contributed by atoms with E-state index >= 15 is 0 Å². The minimum Gasteiger partial charge on any atom is -0.392 e. The third-order valence-electron chi connectivity index (χ3n) is 5.19. The minimum absolute atomic E-state index is 0.205. The van der Waals surface area contributed by atoms with Crippen LogP contribution < -0.4 is 0 Å². The smallest absolute Gasteiger partial charge is 0.251 e. The highest BCUT2D eigenvalue weighted by atomic mass is 16.3. The molecule has 0 saturated carbocycles. The van der Waals surface area contributed by atoms with E-state index in [1.54, 1.807) is 11.8 Å². The molecule has 162 valence electrons. The fourth-order valence-electron chi connectivity index (χ4n) is 3.50. The van der Waals surface area contributed by atoms with Gasteiger partial charge in [-0.3, -0.25) is 4.79 Å². The summed E-state index contributed by atoms with van der Waals surface area (Å²) in [6.45, 7) is 7.07. The van der Waals surface area contributed by atoms with Crippen LogP contribution in [0.15, 0.2) is 0 Å². The Morgan fingerprint density at radius 1 is 0.741 bits per heavy atom. The number of amides is 1. The summed E-state index contributed by atoms with van der Waals surface area (Å²) in [5.74, 6) is -0.205. The summed E-state index contributed by atoms with van der Waals surface area (Å²) in [7, 11) is 0. The zero-order valence-corrected chi connectivity index (χ0v) is 18.4. The summed E-state index contributed by atoms with van der Waals surface area (Å²) < 4.78 is 0. The van der Waals surface area contributed by atoms with Crippen LogP contribution in [0, 0.1) is 0 Å². The molecule has 0 bridgehead atoms. The second-order valence-electron chi connectivity index (χ2n) is 8.18. The van der Waals surface area contributed by atoms with Crippen molar-refractivity contribution in [1.82, 2.24) is 4.90 Å². The zero-order valence-electron chi connectivity index (χ0n) is 18.4. The maximum absolute atomic E-state index is 12.5. The van der Waals surface area contributed by atoms with Gasteiger partial charge in [0.1, 0.15) is 6.10 Å². The maximum Gasteiger partial charge on any atom is 0.251 e. The van der Waals surface area contributed by atoms with Gasteiger partial charge >= 0.3 is 0 Å². The zero-order chi connectivity index (χ0) is 20.3. The number of hydrogen-bond acceptors (Lipinski definition) is 3. The van der Waals surface area contributed by atoms with Crippen molar-refractivity contribution < 1.29 is 15.0 Å². The predicted molar refractivity (Wildman–Crippen MR) is 115 cm³/mol. The Balaban J connectivity index is 3.96. The lowest BCUT2D eigenvalue weighted by atomic mass is 10.1. The molecule has 2 unspecified atom stereocenters. The molecule has 2 atom stereocenters. The van der Waals surface area contributed by atoms with Crippen LogP contribution in [0.4, 0.5) is 0 Å². The van der Waals surface area contributed by atoms with Crippen LogP contribution in [0.3, 0.4) is 0 Å². The molecule has 0 aliphatic carbocycles. The Morgan fingerprint density at radius 2 is 1.19 bits per heavy atom. The Labute approximate surface area is 168 Å². The molecular weight excluding hydrogens is 338 g/mol. The summed E-state index contributed by atoms with van der Waals surface area (Å²) >= 11 is 0. The molecule has 27 heavy (non-hydrogen) atoms. The molecule has 0 saturated heterocycles. The molecule has 0 aliphatic rings. The van der Waals surface area contributed by atoms with E-state index < -0.39 is 12.2 Å². The molecule has 0 aromatic heterocycles. The Bertz CT molecular complexity index is 334. The monoisotopic (exact) mass is 385 g/mol. The van der Waals surface area contributed by atoms with E-state index in [-0.39, 0.29) is 5.91 Å². The molecular formula is C23H47NO3. The van der Waals surface area contributed by atoms with E-state index in [0.29, 0.717) is 19.5 Å². The number of nitrogens with zero attached hydrogens (tertiary/aromatic N) is 1. The van der Waals surface area contributed by atoms with Gasteiger partial charge in [0.15, 0.2) is 0 Å². The number of hydrogen-bond donors (Lipinski definition) is 2. The summed E-state index contributed by atoms with van der Waals surface area (Å²) in [6, 6.07) is 0. The number of unbranched alkanes of at least 4 members (excludes halogenated alkanes) is 12. The first-order valence-corrected chi connectivity index (χ1v) is 11.7. The van der Waals surface area contributed by atoms with Gasteiger partial charge in [-0.1, -0.05) is 97.3 Å². The SMILES string of the molecule is CCCCCCCCCCCCN(CC(C)O)C(=O)C(O)CCCCCC. The van der Waals surface area contributed by atoms with Crippen LogP contribution in [0.25, 0.3) is 0 Å². The van der Waals surface area contributed by atoms with Crippen molar-refractivity contribution in [2.75, 3.05) is 13.1 Å². The van der Waals surface area contributed by atoms with E-state index in [9.17, 15) is 15.0 Å². The second kappa shape index (κ2) is 18.7. The van der Waals surface area contributed by atoms with Gasteiger partial charge in [-0.05, 0) is 19.8 Å². The van der Waals surface area contributed by atoms with Crippen molar-refractivity contribution in [2.24, 2.45) is 0 Å². The van der Waals surface area contributed by atoms with E-state index in [1.165, 1.54) is 51.4 Å².